The van der Waals surface area contributed by atoms with Crippen molar-refractivity contribution in [2.75, 3.05) is 0 Å². The molecule has 1 heterocycles. The van der Waals surface area contributed by atoms with Gasteiger partial charge in [0.1, 0.15) is 5.41 Å². The highest BCUT2D eigenvalue weighted by Gasteiger charge is 2.49. The van der Waals surface area contributed by atoms with Gasteiger partial charge >= 0.3 is 6.18 Å². The molecule has 0 amide bonds. The van der Waals surface area contributed by atoms with Crippen LogP contribution in [0.1, 0.15) is 25.1 Å². The van der Waals surface area contributed by atoms with Crippen LogP contribution in [0.25, 0.3) is 0 Å². The normalized spacial score (nSPS) is 12.9. The van der Waals surface area contributed by atoms with Crippen LogP contribution in [0.5, 0.6) is 0 Å². The molecule has 0 radical (unpaired) electrons. The molecule has 0 saturated carbocycles. The van der Waals surface area contributed by atoms with E-state index in [2.05, 4.69) is 4.98 Å². The maximum Gasteiger partial charge on any atom is 0.399 e. The zero-order valence-electron chi connectivity index (χ0n) is 8.60. The lowest BCUT2D eigenvalue weighted by Crippen LogP contribution is -2.37. The molecular weight excluding hydrogens is 205 g/mol. The summed E-state index contributed by atoms with van der Waals surface area (Å²) in [4.78, 5) is 3.79. The van der Waals surface area contributed by atoms with Crippen LogP contribution < -0.4 is 5.73 Å². The van der Waals surface area contributed by atoms with Crippen LogP contribution in [0.15, 0.2) is 18.3 Å². The van der Waals surface area contributed by atoms with Gasteiger partial charge in [-0.05, 0) is 25.5 Å². The first kappa shape index (κ1) is 12.0. The van der Waals surface area contributed by atoms with Crippen molar-refractivity contribution in [2.24, 2.45) is 5.73 Å². The fraction of sp³-hybridized carbons (Fsp3) is 0.500. The average Bonchev–Trinajstić information content (AvgIpc) is 2.16. The Bertz CT molecular complexity index is 328. The lowest BCUT2D eigenvalue weighted by Gasteiger charge is -2.27. The molecule has 2 N–H and O–H groups in total. The minimum absolute atomic E-state index is 0.00667. The lowest BCUT2D eigenvalue weighted by molar-refractivity contribution is -0.181. The number of alkyl halides is 3. The number of nitrogens with zero attached hydrogens (tertiary/aromatic N) is 1. The van der Waals surface area contributed by atoms with E-state index >= 15 is 0 Å². The summed E-state index contributed by atoms with van der Waals surface area (Å²) in [5.41, 5.74) is 4.13. The molecule has 0 aromatic carbocycles. The Balaban J connectivity index is 3.06. The molecule has 0 bridgehead atoms. The Morgan fingerprint density at radius 3 is 2.20 bits per heavy atom. The Morgan fingerprint density at radius 2 is 1.87 bits per heavy atom. The van der Waals surface area contributed by atoms with Crippen molar-refractivity contribution in [1.29, 1.82) is 0 Å². The second-order valence-corrected chi connectivity index (χ2v) is 3.88. The molecule has 0 unspecified atom stereocenters. The van der Waals surface area contributed by atoms with Gasteiger partial charge < -0.3 is 5.73 Å². The van der Waals surface area contributed by atoms with E-state index in [1.54, 1.807) is 6.07 Å². The van der Waals surface area contributed by atoms with Crippen LogP contribution in [0.4, 0.5) is 13.2 Å². The topological polar surface area (TPSA) is 38.9 Å². The van der Waals surface area contributed by atoms with Gasteiger partial charge in [-0.3, -0.25) is 4.98 Å². The Kier molecular flexibility index (Phi) is 3.04. The summed E-state index contributed by atoms with van der Waals surface area (Å²) in [6, 6.07) is 2.94. The highest BCUT2D eigenvalue weighted by molar-refractivity contribution is 5.21. The number of pyridine rings is 1. The molecule has 15 heavy (non-hydrogen) atoms. The van der Waals surface area contributed by atoms with Crippen molar-refractivity contribution in [3.63, 3.8) is 0 Å². The van der Waals surface area contributed by atoms with E-state index in [9.17, 15) is 13.2 Å². The van der Waals surface area contributed by atoms with E-state index in [-0.39, 0.29) is 12.2 Å². The maximum absolute atomic E-state index is 12.6. The monoisotopic (exact) mass is 218 g/mol. The number of aromatic nitrogens is 1. The van der Waals surface area contributed by atoms with Crippen molar-refractivity contribution in [3.8, 4) is 0 Å². The maximum atomic E-state index is 12.6. The van der Waals surface area contributed by atoms with E-state index in [1.165, 1.54) is 12.3 Å². The highest BCUT2D eigenvalue weighted by Crippen LogP contribution is 2.39. The molecular formula is C10H13F3N2. The van der Waals surface area contributed by atoms with Gasteiger partial charge in [0.15, 0.2) is 0 Å². The van der Waals surface area contributed by atoms with Gasteiger partial charge in [-0.2, -0.15) is 13.2 Å². The Labute approximate surface area is 86.3 Å². The number of hydrogen-bond acceptors (Lipinski definition) is 2. The molecule has 0 fully saturated rings. The first-order valence-electron chi connectivity index (χ1n) is 4.51. The first-order valence-corrected chi connectivity index (χ1v) is 4.51. The minimum atomic E-state index is -4.30. The third-order valence-corrected chi connectivity index (χ3v) is 2.41. The molecule has 5 heteroatoms. The molecule has 0 aliphatic heterocycles. The highest BCUT2D eigenvalue weighted by atomic mass is 19.4. The Hall–Kier alpha value is -1.10. The first-order chi connectivity index (χ1) is 6.79. The smallest absolute Gasteiger partial charge is 0.326 e. The van der Waals surface area contributed by atoms with E-state index in [0.29, 0.717) is 0 Å². The second kappa shape index (κ2) is 3.81. The molecule has 1 aromatic heterocycles. The van der Waals surface area contributed by atoms with Crippen molar-refractivity contribution < 1.29 is 13.2 Å². The number of hydrogen-bond donors (Lipinski definition) is 1. The molecule has 1 aromatic rings. The summed E-state index contributed by atoms with van der Waals surface area (Å²) in [7, 11) is 0. The van der Waals surface area contributed by atoms with Crippen LogP contribution in [0, 0.1) is 0 Å². The van der Waals surface area contributed by atoms with Crippen LogP contribution in [-0.2, 0) is 12.0 Å². The van der Waals surface area contributed by atoms with Crippen molar-refractivity contribution >= 4 is 0 Å². The summed E-state index contributed by atoms with van der Waals surface area (Å²) in [5.74, 6) is 0. The zero-order chi connectivity index (χ0) is 11.7. The molecule has 0 saturated heterocycles. The molecule has 0 atom stereocenters. The average molecular weight is 218 g/mol. The van der Waals surface area contributed by atoms with E-state index in [4.69, 9.17) is 5.73 Å². The van der Waals surface area contributed by atoms with Gasteiger partial charge in [-0.1, -0.05) is 6.07 Å². The molecule has 1 rings (SSSR count). The van der Waals surface area contributed by atoms with Gasteiger partial charge in [0.2, 0.25) is 0 Å². The second-order valence-electron chi connectivity index (χ2n) is 3.88. The van der Waals surface area contributed by atoms with Crippen molar-refractivity contribution in [1.82, 2.24) is 4.98 Å². The van der Waals surface area contributed by atoms with Crippen LogP contribution >= 0.6 is 0 Å². The third kappa shape index (κ3) is 2.28. The summed E-state index contributed by atoms with van der Waals surface area (Å²) in [6.45, 7) is 2.49. The van der Waals surface area contributed by atoms with E-state index < -0.39 is 11.6 Å². The fourth-order valence-electron chi connectivity index (χ4n) is 1.06. The summed E-state index contributed by atoms with van der Waals surface area (Å²) < 4.78 is 37.9. The SMILES string of the molecule is CC(C)(c1ccc(CN)cn1)C(F)(F)F. The summed E-state index contributed by atoms with van der Waals surface area (Å²) in [5, 5.41) is 0. The largest absolute Gasteiger partial charge is 0.399 e. The lowest BCUT2D eigenvalue weighted by atomic mass is 9.88. The van der Waals surface area contributed by atoms with Gasteiger partial charge in [-0.25, -0.2) is 0 Å². The van der Waals surface area contributed by atoms with Gasteiger partial charge in [-0.15, -0.1) is 0 Å². The van der Waals surface area contributed by atoms with Crippen LogP contribution in [0.2, 0.25) is 0 Å². The number of rotatable bonds is 2. The van der Waals surface area contributed by atoms with Crippen molar-refractivity contribution in [2.45, 2.75) is 32.0 Å². The standard InChI is InChI=1S/C10H13F3N2/c1-9(2,10(11,12)13)8-4-3-7(5-14)6-15-8/h3-4,6H,5,14H2,1-2H3. The van der Waals surface area contributed by atoms with Crippen molar-refractivity contribution in [3.05, 3.63) is 29.6 Å². The quantitative estimate of drug-likeness (QED) is 0.827. The van der Waals surface area contributed by atoms with Gasteiger partial charge in [0.25, 0.3) is 0 Å². The minimum Gasteiger partial charge on any atom is -0.326 e. The number of halogens is 3. The fourth-order valence-corrected chi connectivity index (χ4v) is 1.06. The van der Waals surface area contributed by atoms with Crippen LogP contribution in [-0.4, -0.2) is 11.2 Å². The molecule has 84 valence electrons. The van der Waals surface area contributed by atoms with Gasteiger partial charge in [0, 0.05) is 12.7 Å². The van der Waals surface area contributed by atoms with E-state index in [1.807, 2.05) is 0 Å². The molecule has 0 spiro atoms. The van der Waals surface area contributed by atoms with E-state index in [0.717, 1.165) is 19.4 Å². The number of nitrogens with two attached hydrogens (primary N) is 1. The molecule has 0 aliphatic rings. The van der Waals surface area contributed by atoms with Gasteiger partial charge in [0.05, 0.1) is 5.69 Å². The summed E-state index contributed by atoms with van der Waals surface area (Å²) >= 11 is 0. The third-order valence-electron chi connectivity index (χ3n) is 2.41. The predicted molar refractivity (Wildman–Crippen MR) is 51.2 cm³/mol. The molecule has 2 nitrogen and oxygen atoms in total. The zero-order valence-corrected chi connectivity index (χ0v) is 8.60. The Morgan fingerprint density at radius 1 is 1.27 bits per heavy atom. The molecule has 0 aliphatic carbocycles. The predicted octanol–water partition coefficient (Wildman–Crippen LogP) is 2.38. The van der Waals surface area contributed by atoms with Crippen LogP contribution in [0.3, 0.4) is 0 Å². The summed E-state index contributed by atoms with van der Waals surface area (Å²) in [6.07, 6.45) is -2.92.